The summed E-state index contributed by atoms with van der Waals surface area (Å²) in [4.78, 5) is 4.49. The zero-order chi connectivity index (χ0) is 17.4. The van der Waals surface area contributed by atoms with E-state index in [-0.39, 0.29) is 36.3 Å². The maximum Gasteiger partial charge on any atom is 0.191 e. The van der Waals surface area contributed by atoms with Crippen LogP contribution in [0.15, 0.2) is 23.2 Å². The first kappa shape index (κ1) is 22.0. The van der Waals surface area contributed by atoms with Crippen LogP contribution in [0.5, 0.6) is 0 Å². The summed E-state index contributed by atoms with van der Waals surface area (Å²) in [6, 6.07) is 6.82. The lowest BCUT2D eigenvalue weighted by Gasteiger charge is -2.17. The van der Waals surface area contributed by atoms with Crippen molar-refractivity contribution in [3.63, 3.8) is 0 Å². The fourth-order valence-electron chi connectivity index (χ4n) is 2.90. The number of aliphatic imine (C=N–C) groups is 1. The number of nitrogens with zero attached hydrogens (tertiary/aromatic N) is 2. The Labute approximate surface area is 171 Å². The molecule has 138 valence electrons. The SMILES string of the molecule is CCNC(=NCc1cc(C#N)ccc1F)NC1CCC(SCC)C1.I. The molecule has 2 N–H and O–H groups in total. The largest absolute Gasteiger partial charge is 0.357 e. The summed E-state index contributed by atoms with van der Waals surface area (Å²) in [5.74, 6) is 1.54. The second-order valence-corrected chi connectivity index (χ2v) is 7.42. The van der Waals surface area contributed by atoms with Crippen LogP contribution in [0.2, 0.25) is 0 Å². The molecule has 4 nitrogen and oxygen atoms in total. The first-order valence-electron chi connectivity index (χ1n) is 8.51. The van der Waals surface area contributed by atoms with Crippen molar-refractivity contribution in [2.75, 3.05) is 12.3 Å². The standard InChI is InChI=1S/C18H25FN4S.HI/c1-3-21-18(23-15-6-7-16(10-15)24-4-2)22-12-14-9-13(11-20)5-8-17(14)19;/h5,8-9,15-16H,3-4,6-7,10,12H2,1-2H3,(H2,21,22,23);1H. The van der Waals surface area contributed by atoms with Gasteiger partial charge in [-0.2, -0.15) is 17.0 Å². The maximum absolute atomic E-state index is 13.9. The summed E-state index contributed by atoms with van der Waals surface area (Å²) >= 11 is 2.02. The molecule has 2 rings (SSSR count). The molecule has 0 saturated heterocycles. The van der Waals surface area contributed by atoms with E-state index < -0.39 is 0 Å². The molecule has 25 heavy (non-hydrogen) atoms. The molecule has 1 saturated carbocycles. The Kier molecular flexibility index (Phi) is 10.2. The van der Waals surface area contributed by atoms with E-state index in [4.69, 9.17) is 5.26 Å². The second-order valence-electron chi connectivity index (χ2n) is 5.84. The van der Waals surface area contributed by atoms with E-state index in [1.165, 1.54) is 18.6 Å². The summed E-state index contributed by atoms with van der Waals surface area (Å²) in [6.07, 6.45) is 3.51. The Hall–Kier alpha value is -1.01. The van der Waals surface area contributed by atoms with E-state index in [1.807, 2.05) is 24.8 Å². The van der Waals surface area contributed by atoms with E-state index in [2.05, 4.69) is 22.5 Å². The van der Waals surface area contributed by atoms with Gasteiger partial charge in [0.05, 0.1) is 18.2 Å². The van der Waals surface area contributed by atoms with E-state index in [9.17, 15) is 4.39 Å². The van der Waals surface area contributed by atoms with Crippen LogP contribution in [0.25, 0.3) is 0 Å². The predicted molar refractivity (Wildman–Crippen MR) is 114 cm³/mol. The average Bonchev–Trinajstić information content (AvgIpc) is 3.01. The molecule has 2 atom stereocenters. The molecule has 0 bridgehead atoms. The van der Waals surface area contributed by atoms with Crippen LogP contribution in [0.1, 0.15) is 44.2 Å². The second kappa shape index (κ2) is 11.6. The van der Waals surface area contributed by atoms with Crippen LogP contribution in [-0.4, -0.2) is 29.5 Å². The molecular formula is C18H26FIN4S. The fourth-order valence-corrected chi connectivity index (χ4v) is 4.04. The van der Waals surface area contributed by atoms with E-state index in [0.29, 0.717) is 23.1 Å². The average molecular weight is 476 g/mol. The first-order valence-corrected chi connectivity index (χ1v) is 9.56. The Bertz CT molecular complexity index is 618. The van der Waals surface area contributed by atoms with E-state index >= 15 is 0 Å². The quantitative estimate of drug-likeness (QED) is 0.370. The zero-order valence-electron chi connectivity index (χ0n) is 14.7. The fraction of sp³-hybridized carbons (Fsp3) is 0.556. The number of nitrogens with one attached hydrogen (secondary N) is 2. The molecule has 0 heterocycles. The van der Waals surface area contributed by atoms with Gasteiger partial charge in [-0.25, -0.2) is 9.38 Å². The summed E-state index contributed by atoms with van der Waals surface area (Å²) in [7, 11) is 0. The minimum absolute atomic E-state index is 0. The third-order valence-corrected chi connectivity index (χ3v) is 5.29. The Morgan fingerprint density at radius 1 is 1.40 bits per heavy atom. The van der Waals surface area contributed by atoms with Crippen molar-refractivity contribution in [2.45, 2.75) is 50.9 Å². The van der Waals surface area contributed by atoms with Gasteiger partial charge >= 0.3 is 0 Å². The van der Waals surface area contributed by atoms with Crippen LogP contribution in [0, 0.1) is 17.1 Å². The Morgan fingerprint density at radius 2 is 2.20 bits per heavy atom. The number of benzene rings is 1. The number of nitriles is 1. The summed E-state index contributed by atoms with van der Waals surface area (Å²) < 4.78 is 13.9. The first-order chi connectivity index (χ1) is 11.7. The van der Waals surface area contributed by atoms with Gasteiger partial charge in [0, 0.05) is 23.4 Å². The van der Waals surface area contributed by atoms with Crippen LogP contribution in [0.4, 0.5) is 4.39 Å². The van der Waals surface area contributed by atoms with E-state index in [0.717, 1.165) is 30.4 Å². The number of thioether (sulfide) groups is 1. The number of hydrogen-bond donors (Lipinski definition) is 2. The number of halogens is 2. The van der Waals surface area contributed by atoms with E-state index in [1.54, 1.807) is 6.07 Å². The highest BCUT2D eigenvalue weighted by atomic mass is 127. The van der Waals surface area contributed by atoms with Crippen molar-refractivity contribution >= 4 is 41.7 Å². The van der Waals surface area contributed by atoms with Crippen LogP contribution in [0.3, 0.4) is 0 Å². The molecule has 0 aromatic heterocycles. The monoisotopic (exact) mass is 476 g/mol. The van der Waals surface area contributed by atoms with Crippen molar-refractivity contribution in [1.82, 2.24) is 10.6 Å². The van der Waals surface area contributed by atoms with Crippen LogP contribution < -0.4 is 10.6 Å². The maximum atomic E-state index is 13.9. The van der Waals surface area contributed by atoms with Gasteiger partial charge in [-0.1, -0.05) is 6.92 Å². The highest BCUT2D eigenvalue weighted by molar-refractivity contribution is 14.0. The van der Waals surface area contributed by atoms with Crippen molar-refractivity contribution in [2.24, 2.45) is 4.99 Å². The third kappa shape index (κ3) is 7.02. The Balaban J connectivity index is 0.00000312. The molecular weight excluding hydrogens is 450 g/mol. The van der Waals surface area contributed by atoms with Gasteiger partial charge < -0.3 is 10.6 Å². The van der Waals surface area contributed by atoms with Gasteiger partial charge in [-0.05, 0) is 50.1 Å². The topological polar surface area (TPSA) is 60.2 Å². The molecule has 0 spiro atoms. The van der Waals surface area contributed by atoms with Crippen LogP contribution >= 0.6 is 35.7 Å². The van der Waals surface area contributed by atoms with Gasteiger partial charge in [0.1, 0.15) is 5.82 Å². The Morgan fingerprint density at radius 3 is 2.88 bits per heavy atom. The molecule has 2 unspecified atom stereocenters. The highest BCUT2D eigenvalue weighted by Gasteiger charge is 2.25. The smallest absolute Gasteiger partial charge is 0.191 e. The van der Waals surface area contributed by atoms with Crippen molar-refractivity contribution in [3.05, 3.63) is 35.1 Å². The van der Waals surface area contributed by atoms with Gasteiger partial charge in [-0.15, -0.1) is 24.0 Å². The van der Waals surface area contributed by atoms with Crippen molar-refractivity contribution in [1.29, 1.82) is 5.26 Å². The molecule has 0 aliphatic heterocycles. The number of guanidine groups is 1. The van der Waals surface area contributed by atoms with Gasteiger partial charge in [0.25, 0.3) is 0 Å². The highest BCUT2D eigenvalue weighted by Crippen LogP contribution is 2.29. The molecule has 7 heteroatoms. The predicted octanol–water partition coefficient (Wildman–Crippen LogP) is 4.04. The molecule has 0 amide bonds. The molecule has 0 radical (unpaired) electrons. The summed E-state index contributed by atoms with van der Waals surface area (Å²) in [5, 5.41) is 16.3. The molecule has 1 aromatic carbocycles. The number of hydrogen-bond acceptors (Lipinski definition) is 3. The molecule has 1 aliphatic rings. The third-order valence-electron chi connectivity index (χ3n) is 4.05. The van der Waals surface area contributed by atoms with Gasteiger partial charge in [0.15, 0.2) is 5.96 Å². The lowest BCUT2D eigenvalue weighted by Crippen LogP contribution is -2.42. The minimum Gasteiger partial charge on any atom is -0.357 e. The van der Waals surface area contributed by atoms with Gasteiger partial charge in [0.2, 0.25) is 0 Å². The lowest BCUT2D eigenvalue weighted by molar-refractivity contribution is 0.604. The molecule has 1 aliphatic carbocycles. The summed E-state index contributed by atoms with van der Waals surface area (Å²) in [5.41, 5.74) is 0.895. The normalized spacial score (nSPS) is 19.8. The minimum atomic E-state index is -0.325. The summed E-state index contributed by atoms with van der Waals surface area (Å²) in [6.45, 7) is 5.18. The van der Waals surface area contributed by atoms with Crippen molar-refractivity contribution in [3.8, 4) is 6.07 Å². The number of rotatable bonds is 6. The van der Waals surface area contributed by atoms with Crippen LogP contribution in [-0.2, 0) is 6.54 Å². The zero-order valence-corrected chi connectivity index (χ0v) is 17.9. The van der Waals surface area contributed by atoms with Gasteiger partial charge in [-0.3, -0.25) is 0 Å². The molecule has 1 fully saturated rings. The lowest BCUT2D eigenvalue weighted by atomic mass is 10.1. The van der Waals surface area contributed by atoms with Crippen molar-refractivity contribution < 1.29 is 4.39 Å². The molecule has 1 aromatic rings.